The maximum Gasteiger partial charge on any atom is 0.0831 e. The first-order chi connectivity index (χ1) is 9.97. The number of halogens is 2. The quantitative estimate of drug-likeness (QED) is 0.774. The van der Waals surface area contributed by atoms with E-state index in [1.54, 1.807) is 18.2 Å². The van der Waals surface area contributed by atoms with Crippen molar-refractivity contribution in [3.05, 3.63) is 69.2 Å². The number of benzene rings is 2. The molecule has 1 unspecified atom stereocenters. The van der Waals surface area contributed by atoms with Crippen LogP contribution in [0.25, 0.3) is 0 Å². The Bertz CT molecular complexity index is 570. The predicted molar refractivity (Wildman–Crippen MR) is 90.1 cm³/mol. The second-order valence-corrected chi connectivity index (χ2v) is 6.57. The Labute approximate surface area is 136 Å². The van der Waals surface area contributed by atoms with Crippen molar-refractivity contribution >= 4 is 23.2 Å². The SMILES string of the molecule is CC(C)Cc1ccc(C(O)Cc2c(Cl)cccc2Cl)cc1. The van der Waals surface area contributed by atoms with Crippen molar-refractivity contribution in [3.63, 3.8) is 0 Å². The van der Waals surface area contributed by atoms with Gasteiger partial charge in [0.1, 0.15) is 0 Å². The van der Waals surface area contributed by atoms with Crippen LogP contribution in [0.3, 0.4) is 0 Å². The van der Waals surface area contributed by atoms with Gasteiger partial charge >= 0.3 is 0 Å². The maximum atomic E-state index is 10.4. The van der Waals surface area contributed by atoms with Gasteiger partial charge in [-0.15, -0.1) is 0 Å². The molecule has 1 atom stereocenters. The van der Waals surface area contributed by atoms with Crippen LogP contribution in [0.1, 0.15) is 36.6 Å². The predicted octanol–water partition coefficient (Wildman–Crippen LogP) is 5.47. The summed E-state index contributed by atoms with van der Waals surface area (Å²) in [6.07, 6.45) is 0.866. The van der Waals surface area contributed by atoms with E-state index in [2.05, 4.69) is 26.0 Å². The van der Waals surface area contributed by atoms with E-state index in [0.717, 1.165) is 17.5 Å². The third-order valence-electron chi connectivity index (χ3n) is 3.47. The average Bonchev–Trinajstić information content (AvgIpc) is 2.43. The van der Waals surface area contributed by atoms with Crippen LogP contribution in [0.2, 0.25) is 10.0 Å². The second-order valence-electron chi connectivity index (χ2n) is 5.76. The first kappa shape index (κ1) is 16.4. The van der Waals surface area contributed by atoms with Gasteiger partial charge in [-0.2, -0.15) is 0 Å². The van der Waals surface area contributed by atoms with Crippen LogP contribution < -0.4 is 0 Å². The molecule has 1 N–H and O–H groups in total. The van der Waals surface area contributed by atoms with Gasteiger partial charge in [-0.05, 0) is 41.2 Å². The van der Waals surface area contributed by atoms with Crippen molar-refractivity contribution in [3.8, 4) is 0 Å². The molecule has 0 bridgehead atoms. The van der Waals surface area contributed by atoms with Crippen LogP contribution in [-0.4, -0.2) is 5.11 Å². The van der Waals surface area contributed by atoms with E-state index < -0.39 is 6.10 Å². The molecule has 21 heavy (non-hydrogen) atoms. The van der Waals surface area contributed by atoms with Crippen molar-refractivity contribution in [1.29, 1.82) is 0 Å². The summed E-state index contributed by atoms with van der Waals surface area (Å²) < 4.78 is 0. The fraction of sp³-hybridized carbons (Fsp3) is 0.333. The van der Waals surface area contributed by atoms with Gasteiger partial charge in [0.05, 0.1) is 6.10 Å². The number of rotatable bonds is 5. The zero-order chi connectivity index (χ0) is 15.4. The lowest BCUT2D eigenvalue weighted by Gasteiger charge is -2.14. The molecule has 0 aliphatic heterocycles. The van der Waals surface area contributed by atoms with Gasteiger partial charge < -0.3 is 5.11 Å². The number of aliphatic hydroxyl groups is 1. The monoisotopic (exact) mass is 322 g/mol. The van der Waals surface area contributed by atoms with Crippen molar-refractivity contribution in [1.82, 2.24) is 0 Å². The smallest absolute Gasteiger partial charge is 0.0831 e. The summed E-state index contributed by atoms with van der Waals surface area (Å²) in [5.74, 6) is 0.628. The molecule has 0 saturated heterocycles. The minimum atomic E-state index is -0.601. The van der Waals surface area contributed by atoms with Gasteiger partial charge in [-0.3, -0.25) is 0 Å². The molecule has 0 fully saturated rings. The Kier molecular flexibility index (Phi) is 5.69. The summed E-state index contributed by atoms with van der Waals surface area (Å²) in [7, 11) is 0. The van der Waals surface area contributed by atoms with Crippen molar-refractivity contribution in [2.75, 3.05) is 0 Å². The Morgan fingerprint density at radius 3 is 2.00 bits per heavy atom. The van der Waals surface area contributed by atoms with E-state index in [0.29, 0.717) is 22.4 Å². The summed E-state index contributed by atoms with van der Waals surface area (Å²) in [6, 6.07) is 13.5. The third kappa shape index (κ3) is 4.47. The molecule has 3 heteroatoms. The molecule has 1 nitrogen and oxygen atoms in total. The van der Waals surface area contributed by atoms with Crippen LogP contribution in [0.15, 0.2) is 42.5 Å². The maximum absolute atomic E-state index is 10.4. The third-order valence-corrected chi connectivity index (χ3v) is 4.18. The molecular formula is C18H20Cl2O. The van der Waals surface area contributed by atoms with Crippen LogP contribution in [0.5, 0.6) is 0 Å². The van der Waals surface area contributed by atoms with Gasteiger partial charge in [0.15, 0.2) is 0 Å². The van der Waals surface area contributed by atoms with Gasteiger partial charge in [0, 0.05) is 16.5 Å². The summed E-state index contributed by atoms with van der Waals surface area (Å²) in [5, 5.41) is 11.6. The molecule has 0 saturated carbocycles. The fourth-order valence-corrected chi connectivity index (χ4v) is 2.94. The molecule has 0 aliphatic rings. The second kappa shape index (κ2) is 7.31. The largest absolute Gasteiger partial charge is 0.388 e. The molecular weight excluding hydrogens is 303 g/mol. The van der Waals surface area contributed by atoms with E-state index in [1.807, 2.05) is 12.1 Å². The van der Waals surface area contributed by atoms with E-state index >= 15 is 0 Å². The first-order valence-electron chi connectivity index (χ1n) is 7.17. The number of hydrogen-bond donors (Lipinski definition) is 1. The highest BCUT2D eigenvalue weighted by Gasteiger charge is 2.13. The highest BCUT2D eigenvalue weighted by molar-refractivity contribution is 6.36. The van der Waals surface area contributed by atoms with Gasteiger partial charge in [0.25, 0.3) is 0 Å². The zero-order valence-corrected chi connectivity index (χ0v) is 13.8. The lowest BCUT2D eigenvalue weighted by atomic mass is 9.97. The van der Waals surface area contributed by atoms with Crippen LogP contribution >= 0.6 is 23.2 Å². The van der Waals surface area contributed by atoms with Gasteiger partial charge in [-0.25, -0.2) is 0 Å². The summed E-state index contributed by atoms with van der Waals surface area (Å²) in [5.41, 5.74) is 2.97. The van der Waals surface area contributed by atoms with E-state index in [-0.39, 0.29) is 0 Å². The molecule has 2 rings (SSSR count). The minimum Gasteiger partial charge on any atom is -0.388 e. The zero-order valence-electron chi connectivity index (χ0n) is 12.3. The van der Waals surface area contributed by atoms with Crippen LogP contribution in [0.4, 0.5) is 0 Å². The van der Waals surface area contributed by atoms with Gasteiger partial charge in [0.2, 0.25) is 0 Å². The summed E-state index contributed by atoms with van der Waals surface area (Å²) >= 11 is 12.3. The summed E-state index contributed by atoms with van der Waals surface area (Å²) in [4.78, 5) is 0. The normalized spacial score (nSPS) is 12.7. The lowest BCUT2D eigenvalue weighted by Crippen LogP contribution is -2.03. The van der Waals surface area contributed by atoms with Crippen LogP contribution in [-0.2, 0) is 12.8 Å². The molecule has 0 spiro atoms. The number of hydrogen-bond acceptors (Lipinski definition) is 1. The average molecular weight is 323 g/mol. The summed E-state index contributed by atoms with van der Waals surface area (Å²) in [6.45, 7) is 4.39. The van der Waals surface area contributed by atoms with Crippen molar-refractivity contribution < 1.29 is 5.11 Å². The molecule has 2 aromatic carbocycles. The molecule has 0 aromatic heterocycles. The van der Waals surface area contributed by atoms with E-state index in [1.165, 1.54) is 5.56 Å². The molecule has 112 valence electrons. The highest BCUT2D eigenvalue weighted by Crippen LogP contribution is 2.29. The van der Waals surface area contributed by atoms with E-state index in [9.17, 15) is 5.11 Å². The lowest BCUT2D eigenvalue weighted by molar-refractivity contribution is 0.178. The van der Waals surface area contributed by atoms with Crippen molar-refractivity contribution in [2.45, 2.75) is 32.8 Å². The topological polar surface area (TPSA) is 20.2 Å². The molecule has 0 radical (unpaired) electrons. The van der Waals surface area contributed by atoms with Crippen LogP contribution in [0, 0.1) is 5.92 Å². The van der Waals surface area contributed by atoms with Crippen molar-refractivity contribution in [2.24, 2.45) is 5.92 Å². The molecule has 2 aromatic rings. The minimum absolute atomic E-state index is 0.419. The molecule has 0 aliphatic carbocycles. The van der Waals surface area contributed by atoms with E-state index in [4.69, 9.17) is 23.2 Å². The molecule has 0 heterocycles. The number of aliphatic hydroxyl groups excluding tert-OH is 1. The Morgan fingerprint density at radius 2 is 1.48 bits per heavy atom. The Hall–Kier alpha value is -1.02. The van der Waals surface area contributed by atoms with Gasteiger partial charge in [-0.1, -0.05) is 67.4 Å². The molecule has 0 amide bonds. The first-order valence-corrected chi connectivity index (χ1v) is 7.92. The standard InChI is InChI=1S/C18H20Cl2O/c1-12(2)10-13-6-8-14(9-7-13)18(21)11-15-16(19)4-3-5-17(15)20/h3-9,12,18,21H,10-11H2,1-2H3. The Balaban J connectivity index is 2.11. The fourth-order valence-electron chi connectivity index (χ4n) is 2.39. The highest BCUT2D eigenvalue weighted by atomic mass is 35.5. The Morgan fingerprint density at radius 1 is 0.905 bits per heavy atom.